The van der Waals surface area contributed by atoms with Gasteiger partial charge in [0.2, 0.25) is 5.91 Å². The van der Waals surface area contributed by atoms with Crippen molar-refractivity contribution in [3.05, 3.63) is 31.9 Å². The largest absolute Gasteiger partial charge is 0.382 e. The third-order valence-corrected chi connectivity index (χ3v) is 2.87. The van der Waals surface area contributed by atoms with Gasteiger partial charge < -0.3 is 10.6 Å². The Labute approximate surface area is 112 Å². The maximum absolute atomic E-state index is 10.6. The van der Waals surface area contributed by atoms with E-state index in [1.165, 1.54) is 19.1 Å². The van der Waals surface area contributed by atoms with E-state index < -0.39 is 4.92 Å². The summed E-state index contributed by atoms with van der Waals surface area (Å²) in [6, 6.07) is 4.61. The van der Waals surface area contributed by atoms with Crippen LogP contribution in [0.25, 0.3) is 0 Å². The second kappa shape index (κ2) is 6.38. The summed E-state index contributed by atoms with van der Waals surface area (Å²) in [5, 5.41) is 16.3. The predicted molar refractivity (Wildman–Crippen MR) is 73.0 cm³/mol. The molecule has 0 aliphatic heterocycles. The molecule has 0 heterocycles. The maximum atomic E-state index is 10.6. The second-order valence-electron chi connectivity index (χ2n) is 3.33. The Morgan fingerprint density at radius 2 is 2.18 bits per heavy atom. The van der Waals surface area contributed by atoms with Crippen molar-refractivity contribution in [1.82, 2.24) is 5.32 Å². The zero-order valence-electron chi connectivity index (χ0n) is 9.20. The van der Waals surface area contributed by atoms with E-state index in [1.54, 1.807) is 6.07 Å². The minimum absolute atomic E-state index is 0.0711. The van der Waals surface area contributed by atoms with Crippen LogP contribution in [0.1, 0.15) is 6.92 Å². The smallest absolute Gasteiger partial charge is 0.270 e. The van der Waals surface area contributed by atoms with Crippen molar-refractivity contribution in [2.75, 3.05) is 18.4 Å². The summed E-state index contributed by atoms with van der Waals surface area (Å²) in [5.74, 6) is -0.0785. The lowest BCUT2D eigenvalue weighted by atomic mass is 10.3. The van der Waals surface area contributed by atoms with Crippen molar-refractivity contribution in [3.8, 4) is 0 Å². The molecule has 0 spiro atoms. The zero-order chi connectivity index (χ0) is 12.8. The molecule has 0 radical (unpaired) electrons. The number of nitro groups is 1. The van der Waals surface area contributed by atoms with Crippen molar-refractivity contribution in [1.29, 1.82) is 0 Å². The number of non-ortho nitro benzene ring substituents is 1. The number of halogens is 1. The number of amides is 1. The topological polar surface area (TPSA) is 84.3 Å². The van der Waals surface area contributed by atoms with Crippen molar-refractivity contribution in [2.24, 2.45) is 0 Å². The minimum Gasteiger partial charge on any atom is -0.382 e. The molecular formula is C10H12IN3O3. The molecule has 1 aromatic rings. The van der Waals surface area contributed by atoms with Gasteiger partial charge in [0, 0.05) is 41.4 Å². The molecule has 2 N–H and O–H groups in total. The lowest BCUT2D eigenvalue weighted by Crippen LogP contribution is -2.26. The van der Waals surface area contributed by atoms with Crippen LogP contribution in [0, 0.1) is 13.7 Å². The molecule has 0 aromatic heterocycles. The number of carbonyl (C=O) groups excluding carboxylic acids is 1. The molecule has 17 heavy (non-hydrogen) atoms. The zero-order valence-corrected chi connectivity index (χ0v) is 11.4. The second-order valence-corrected chi connectivity index (χ2v) is 4.49. The summed E-state index contributed by atoms with van der Waals surface area (Å²) in [6.07, 6.45) is 0. The molecule has 0 fully saturated rings. The van der Waals surface area contributed by atoms with Crippen molar-refractivity contribution in [3.63, 3.8) is 0 Å². The third kappa shape index (κ3) is 4.55. The first-order valence-corrected chi connectivity index (χ1v) is 6.01. The SMILES string of the molecule is CC(=O)NCCNc1ccc([N+](=O)[O-])cc1I. The van der Waals surface area contributed by atoms with Gasteiger partial charge >= 0.3 is 0 Å². The highest BCUT2D eigenvalue weighted by atomic mass is 127. The Hall–Kier alpha value is -1.38. The number of nitrogens with zero attached hydrogens (tertiary/aromatic N) is 1. The fourth-order valence-electron chi connectivity index (χ4n) is 1.20. The summed E-state index contributed by atoms with van der Waals surface area (Å²) in [7, 11) is 0. The molecule has 0 bridgehead atoms. The van der Waals surface area contributed by atoms with Gasteiger partial charge in [-0.1, -0.05) is 0 Å². The van der Waals surface area contributed by atoms with Gasteiger partial charge in [-0.25, -0.2) is 0 Å². The third-order valence-electron chi connectivity index (χ3n) is 1.98. The Kier molecular flexibility index (Phi) is 5.13. The first-order valence-electron chi connectivity index (χ1n) is 4.93. The van der Waals surface area contributed by atoms with Crippen molar-refractivity contribution < 1.29 is 9.72 Å². The fraction of sp³-hybridized carbons (Fsp3) is 0.300. The summed E-state index contributed by atoms with van der Waals surface area (Å²) in [5.41, 5.74) is 0.892. The molecule has 1 amide bonds. The van der Waals surface area contributed by atoms with E-state index in [-0.39, 0.29) is 11.6 Å². The van der Waals surface area contributed by atoms with Crippen LogP contribution in [0.15, 0.2) is 18.2 Å². The molecule has 0 saturated heterocycles. The van der Waals surface area contributed by atoms with Gasteiger partial charge in [0.25, 0.3) is 5.69 Å². The first kappa shape index (κ1) is 13.7. The predicted octanol–water partition coefficient (Wildman–Crippen LogP) is 1.75. The lowest BCUT2D eigenvalue weighted by molar-refractivity contribution is -0.384. The molecule has 0 unspecified atom stereocenters. The Bertz CT molecular complexity index is 437. The highest BCUT2D eigenvalue weighted by Gasteiger charge is 2.08. The van der Waals surface area contributed by atoms with Crippen LogP contribution >= 0.6 is 22.6 Å². The van der Waals surface area contributed by atoms with Crippen LogP contribution in [-0.2, 0) is 4.79 Å². The normalized spacial score (nSPS) is 9.76. The molecule has 0 aliphatic rings. The van der Waals surface area contributed by atoms with Gasteiger partial charge in [-0.15, -0.1) is 0 Å². The summed E-state index contributed by atoms with van der Waals surface area (Å²) < 4.78 is 0.777. The average molecular weight is 349 g/mol. The van der Waals surface area contributed by atoms with Crippen molar-refractivity contribution in [2.45, 2.75) is 6.92 Å². The molecule has 1 aromatic carbocycles. The Balaban J connectivity index is 2.54. The highest BCUT2D eigenvalue weighted by Crippen LogP contribution is 2.23. The number of hydrogen-bond donors (Lipinski definition) is 2. The first-order chi connectivity index (χ1) is 8.00. The van der Waals surface area contributed by atoms with Gasteiger partial charge in [-0.2, -0.15) is 0 Å². The van der Waals surface area contributed by atoms with Crippen molar-refractivity contribution >= 4 is 39.9 Å². The minimum atomic E-state index is -0.427. The van der Waals surface area contributed by atoms with Gasteiger partial charge in [0.05, 0.1) is 4.92 Å². The van der Waals surface area contributed by atoms with Crippen LogP contribution in [0.5, 0.6) is 0 Å². The number of nitrogens with one attached hydrogen (secondary N) is 2. The molecule has 7 heteroatoms. The quantitative estimate of drug-likeness (QED) is 0.367. The van der Waals surface area contributed by atoms with E-state index in [4.69, 9.17) is 0 Å². The fourth-order valence-corrected chi connectivity index (χ4v) is 1.89. The van der Waals surface area contributed by atoms with E-state index >= 15 is 0 Å². The number of rotatable bonds is 5. The van der Waals surface area contributed by atoms with Gasteiger partial charge in [0.15, 0.2) is 0 Å². The number of hydrogen-bond acceptors (Lipinski definition) is 4. The van der Waals surface area contributed by atoms with Crippen LogP contribution in [0.3, 0.4) is 0 Å². The molecular weight excluding hydrogens is 337 g/mol. The molecule has 92 valence electrons. The highest BCUT2D eigenvalue weighted by molar-refractivity contribution is 14.1. The Morgan fingerprint density at radius 1 is 1.47 bits per heavy atom. The molecule has 0 saturated carbocycles. The summed E-state index contributed by atoms with van der Waals surface area (Å²) in [6.45, 7) is 2.55. The molecule has 0 atom stereocenters. The lowest BCUT2D eigenvalue weighted by Gasteiger charge is -2.08. The number of carbonyl (C=O) groups is 1. The molecule has 1 rings (SSSR count). The van der Waals surface area contributed by atoms with Gasteiger partial charge in [0.1, 0.15) is 0 Å². The van der Waals surface area contributed by atoms with Gasteiger partial charge in [-0.3, -0.25) is 14.9 Å². The van der Waals surface area contributed by atoms with Crippen LogP contribution in [0.2, 0.25) is 0 Å². The van der Waals surface area contributed by atoms with Crippen LogP contribution in [-0.4, -0.2) is 23.9 Å². The number of nitro benzene ring substituents is 1. The summed E-state index contributed by atoms with van der Waals surface area (Å²) >= 11 is 2.03. The monoisotopic (exact) mass is 349 g/mol. The van der Waals surface area contributed by atoms with E-state index in [2.05, 4.69) is 10.6 Å². The number of anilines is 1. The molecule has 0 aliphatic carbocycles. The van der Waals surface area contributed by atoms with Crippen LogP contribution in [0.4, 0.5) is 11.4 Å². The molecule has 6 nitrogen and oxygen atoms in total. The Morgan fingerprint density at radius 3 is 2.71 bits per heavy atom. The van der Waals surface area contributed by atoms with Crippen LogP contribution < -0.4 is 10.6 Å². The number of benzene rings is 1. The van der Waals surface area contributed by atoms with E-state index in [9.17, 15) is 14.9 Å². The van der Waals surface area contributed by atoms with E-state index in [0.717, 1.165) is 9.26 Å². The standard InChI is InChI=1S/C10H12IN3O3/c1-7(15)12-4-5-13-10-3-2-8(14(16)17)6-9(10)11/h2-3,6,13H,4-5H2,1H3,(H,12,15). The van der Waals surface area contributed by atoms with Gasteiger partial charge in [-0.05, 0) is 28.7 Å². The summed E-state index contributed by atoms with van der Waals surface area (Å²) in [4.78, 5) is 20.7. The average Bonchev–Trinajstić information content (AvgIpc) is 2.25. The van der Waals surface area contributed by atoms with E-state index in [0.29, 0.717) is 13.1 Å². The van der Waals surface area contributed by atoms with E-state index in [1.807, 2.05) is 22.6 Å². The maximum Gasteiger partial charge on any atom is 0.270 e.